The van der Waals surface area contributed by atoms with Crippen molar-refractivity contribution in [2.75, 3.05) is 0 Å². The van der Waals surface area contributed by atoms with Crippen LogP contribution in [0.15, 0.2) is 30.3 Å². The van der Waals surface area contributed by atoms with Gasteiger partial charge in [-0.25, -0.2) is 26.7 Å². The van der Waals surface area contributed by atoms with E-state index in [1.54, 1.807) is 44.2 Å². The molecular weight excluding hydrogens is 461 g/mol. The highest BCUT2D eigenvalue weighted by Crippen LogP contribution is 2.25. The SMILES string of the molecule is CC(C)C[C@@H](CC(=O)Cc1c(F)c(F)c(F)c(F)c1F)C(=O)N[C@H](Cc1ccccc1)C(=O)O. The fourth-order valence-electron chi connectivity index (χ4n) is 3.54. The molecule has 2 N–H and O–H groups in total. The molecule has 0 saturated heterocycles. The molecule has 34 heavy (non-hydrogen) atoms. The molecule has 0 aliphatic rings. The molecule has 0 radical (unpaired) electrons. The van der Waals surface area contributed by atoms with Crippen molar-refractivity contribution in [3.63, 3.8) is 0 Å². The molecular formula is C24H24F5NO4. The fourth-order valence-corrected chi connectivity index (χ4v) is 3.54. The smallest absolute Gasteiger partial charge is 0.326 e. The van der Waals surface area contributed by atoms with Crippen molar-refractivity contribution >= 4 is 17.7 Å². The number of hydrogen-bond acceptors (Lipinski definition) is 3. The number of aliphatic carboxylic acids is 1. The normalized spacial score (nSPS) is 12.9. The van der Waals surface area contributed by atoms with Crippen LogP contribution in [0.25, 0.3) is 0 Å². The van der Waals surface area contributed by atoms with Gasteiger partial charge < -0.3 is 10.4 Å². The summed E-state index contributed by atoms with van der Waals surface area (Å²) in [6.45, 7) is 3.49. The van der Waals surface area contributed by atoms with E-state index >= 15 is 0 Å². The van der Waals surface area contributed by atoms with Gasteiger partial charge in [-0.1, -0.05) is 44.2 Å². The summed E-state index contributed by atoms with van der Waals surface area (Å²) in [6.07, 6.45) is -1.57. The lowest BCUT2D eigenvalue weighted by Crippen LogP contribution is -2.45. The second-order valence-corrected chi connectivity index (χ2v) is 8.38. The standard InChI is InChI=1S/C24H24F5NO4/c1-12(2)8-14(23(32)30-17(24(33)34)9-13-6-4-3-5-7-13)10-15(31)11-16-18(25)20(27)22(29)21(28)19(16)26/h3-7,12,14,17H,8-11H2,1-2H3,(H,30,32)(H,33,34)/t14-,17+/m0/s1. The lowest BCUT2D eigenvalue weighted by atomic mass is 9.89. The molecule has 0 saturated carbocycles. The first-order chi connectivity index (χ1) is 15.9. The first-order valence-corrected chi connectivity index (χ1v) is 10.5. The molecule has 0 spiro atoms. The lowest BCUT2D eigenvalue weighted by molar-refractivity contribution is -0.142. The zero-order valence-corrected chi connectivity index (χ0v) is 18.5. The number of carbonyl (C=O) groups is 3. The molecule has 0 bridgehead atoms. The molecule has 2 atom stereocenters. The monoisotopic (exact) mass is 485 g/mol. The van der Waals surface area contributed by atoms with Crippen molar-refractivity contribution in [1.29, 1.82) is 0 Å². The number of nitrogens with one attached hydrogen (secondary N) is 1. The van der Waals surface area contributed by atoms with Gasteiger partial charge in [0.2, 0.25) is 11.7 Å². The maximum Gasteiger partial charge on any atom is 0.326 e. The predicted octanol–water partition coefficient (Wildman–Crippen LogP) is 4.36. The number of hydrogen-bond donors (Lipinski definition) is 2. The average molecular weight is 485 g/mol. The largest absolute Gasteiger partial charge is 0.480 e. The number of carboxylic acid groups (broad SMARTS) is 1. The first kappa shape index (κ1) is 26.9. The van der Waals surface area contributed by atoms with Crippen molar-refractivity contribution in [2.24, 2.45) is 11.8 Å². The highest BCUT2D eigenvalue weighted by atomic mass is 19.2. The Bertz CT molecular complexity index is 1030. The van der Waals surface area contributed by atoms with E-state index in [2.05, 4.69) is 5.32 Å². The molecule has 0 heterocycles. The van der Waals surface area contributed by atoms with Crippen molar-refractivity contribution in [1.82, 2.24) is 5.32 Å². The van der Waals surface area contributed by atoms with Crippen LogP contribution in [0.3, 0.4) is 0 Å². The Hall–Kier alpha value is -3.30. The average Bonchev–Trinajstić information content (AvgIpc) is 2.78. The molecule has 0 aliphatic carbocycles. The van der Waals surface area contributed by atoms with Crippen LogP contribution in [-0.4, -0.2) is 28.8 Å². The molecule has 0 unspecified atom stereocenters. The summed E-state index contributed by atoms with van der Waals surface area (Å²) < 4.78 is 67.9. The summed E-state index contributed by atoms with van der Waals surface area (Å²) in [6, 6.07) is 7.22. The molecule has 0 aliphatic heterocycles. The number of carboxylic acids is 1. The third-order valence-electron chi connectivity index (χ3n) is 5.17. The van der Waals surface area contributed by atoms with Gasteiger partial charge in [-0.2, -0.15) is 0 Å². The Kier molecular flexibility index (Phi) is 9.28. The third-order valence-corrected chi connectivity index (χ3v) is 5.17. The van der Waals surface area contributed by atoms with E-state index in [-0.39, 0.29) is 18.8 Å². The fraction of sp³-hybridized carbons (Fsp3) is 0.375. The van der Waals surface area contributed by atoms with Crippen LogP contribution in [0.4, 0.5) is 22.0 Å². The number of benzene rings is 2. The Morgan fingerprint density at radius 3 is 1.91 bits per heavy atom. The second-order valence-electron chi connectivity index (χ2n) is 8.38. The van der Waals surface area contributed by atoms with Crippen molar-refractivity contribution in [3.8, 4) is 0 Å². The highest BCUT2D eigenvalue weighted by Gasteiger charge is 2.30. The van der Waals surface area contributed by atoms with Crippen molar-refractivity contribution in [3.05, 3.63) is 70.5 Å². The van der Waals surface area contributed by atoms with Crippen LogP contribution < -0.4 is 5.32 Å². The Balaban J connectivity index is 2.18. The number of carbonyl (C=O) groups excluding carboxylic acids is 2. The van der Waals surface area contributed by atoms with E-state index in [4.69, 9.17) is 0 Å². The van der Waals surface area contributed by atoms with Crippen molar-refractivity contribution < 1.29 is 41.4 Å². The van der Waals surface area contributed by atoms with Gasteiger partial charge in [-0.15, -0.1) is 0 Å². The lowest BCUT2D eigenvalue weighted by Gasteiger charge is -2.21. The molecule has 10 heteroatoms. The minimum absolute atomic E-state index is 0.0190. The van der Waals surface area contributed by atoms with Gasteiger partial charge in [-0.05, 0) is 17.9 Å². The first-order valence-electron chi connectivity index (χ1n) is 10.5. The number of rotatable bonds is 11. The zero-order chi connectivity index (χ0) is 25.6. The van der Waals surface area contributed by atoms with E-state index in [1.165, 1.54) is 0 Å². The summed E-state index contributed by atoms with van der Waals surface area (Å²) >= 11 is 0. The molecule has 5 nitrogen and oxygen atoms in total. The highest BCUT2D eigenvalue weighted by molar-refractivity contribution is 5.90. The van der Waals surface area contributed by atoms with E-state index in [1.807, 2.05) is 0 Å². The van der Waals surface area contributed by atoms with Gasteiger partial charge >= 0.3 is 5.97 Å². The van der Waals surface area contributed by atoms with Crippen LogP contribution in [0.2, 0.25) is 0 Å². The molecule has 2 rings (SSSR count). The maximum absolute atomic E-state index is 13.9. The maximum atomic E-state index is 13.9. The summed E-state index contributed by atoms with van der Waals surface area (Å²) in [4.78, 5) is 36.9. The minimum Gasteiger partial charge on any atom is -0.480 e. The Labute approximate surface area is 193 Å². The third kappa shape index (κ3) is 6.85. The van der Waals surface area contributed by atoms with Crippen molar-refractivity contribution in [2.45, 2.75) is 45.6 Å². The second kappa shape index (κ2) is 11.7. The molecule has 0 aromatic heterocycles. The summed E-state index contributed by atoms with van der Waals surface area (Å²) in [5, 5.41) is 11.9. The Morgan fingerprint density at radius 1 is 0.882 bits per heavy atom. The molecule has 2 aromatic carbocycles. The van der Waals surface area contributed by atoms with Gasteiger partial charge in [0.15, 0.2) is 23.3 Å². The topological polar surface area (TPSA) is 83.5 Å². The predicted molar refractivity (Wildman–Crippen MR) is 112 cm³/mol. The van der Waals surface area contributed by atoms with Gasteiger partial charge in [0.05, 0.1) is 0 Å². The number of halogens is 5. The summed E-state index contributed by atoms with van der Waals surface area (Å²) in [5.41, 5.74) is -0.629. The molecule has 2 aromatic rings. The van der Waals surface area contributed by atoms with Crippen LogP contribution in [0.1, 0.15) is 37.8 Å². The van der Waals surface area contributed by atoms with Gasteiger partial charge in [0.1, 0.15) is 11.8 Å². The van der Waals surface area contributed by atoms with E-state index < -0.39 is 77.1 Å². The summed E-state index contributed by atoms with van der Waals surface area (Å²) in [7, 11) is 0. The van der Waals surface area contributed by atoms with Gasteiger partial charge in [0.25, 0.3) is 0 Å². The van der Waals surface area contributed by atoms with E-state index in [9.17, 15) is 41.4 Å². The number of Topliss-reactive ketones (excluding diaryl/α,β-unsaturated/α-hetero) is 1. The molecule has 1 amide bonds. The number of ketones is 1. The van der Waals surface area contributed by atoms with Gasteiger partial charge in [0, 0.05) is 30.7 Å². The zero-order valence-electron chi connectivity index (χ0n) is 18.5. The Morgan fingerprint density at radius 2 is 1.41 bits per heavy atom. The van der Waals surface area contributed by atoms with E-state index in [0.29, 0.717) is 5.56 Å². The van der Waals surface area contributed by atoms with Crippen LogP contribution in [0.5, 0.6) is 0 Å². The number of amides is 1. The molecule has 184 valence electrons. The van der Waals surface area contributed by atoms with Crippen LogP contribution >= 0.6 is 0 Å². The van der Waals surface area contributed by atoms with Crippen LogP contribution in [-0.2, 0) is 27.2 Å². The summed E-state index contributed by atoms with van der Waals surface area (Å²) in [5.74, 6) is -15.0. The molecule has 0 fully saturated rings. The quantitative estimate of drug-likeness (QED) is 0.282. The van der Waals surface area contributed by atoms with Crippen LogP contribution in [0, 0.1) is 40.9 Å². The van der Waals surface area contributed by atoms with Gasteiger partial charge in [-0.3, -0.25) is 9.59 Å². The minimum atomic E-state index is -2.33. The van der Waals surface area contributed by atoms with E-state index in [0.717, 1.165) is 0 Å².